The molecule has 0 bridgehead atoms. The van der Waals surface area contributed by atoms with Gasteiger partial charge in [-0.1, -0.05) is 43.2 Å². The fraction of sp³-hybridized carbons (Fsp3) is 0.519. The van der Waals surface area contributed by atoms with Gasteiger partial charge in [0, 0.05) is 12.6 Å². The first-order valence-corrected chi connectivity index (χ1v) is 12.3. The molecule has 3 atom stereocenters. The quantitative estimate of drug-likeness (QED) is 0.720. The average molecular weight is 434 g/mol. The van der Waals surface area contributed by atoms with Crippen molar-refractivity contribution in [3.63, 3.8) is 0 Å². The Labute approximate surface area is 189 Å². The van der Waals surface area contributed by atoms with E-state index >= 15 is 0 Å². The molecule has 0 aromatic heterocycles. The fourth-order valence-electron chi connectivity index (χ4n) is 6.36. The van der Waals surface area contributed by atoms with Gasteiger partial charge in [-0.2, -0.15) is 0 Å². The molecule has 2 aromatic carbocycles. The van der Waals surface area contributed by atoms with Crippen LogP contribution in [0.25, 0.3) is 0 Å². The first-order valence-electron chi connectivity index (χ1n) is 12.3. The van der Waals surface area contributed by atoms with Crippen molar-refractivity contribution in [3.8, 4) is 0 Å². The third kappa shape index (κ3) is 3.33. The lowest BCUT2D eigenvalue weighted by Crippen LogP contribution is -2.43. The van der Waals surface area contributed by atoms with E-state index in [0.29, 0.717) is 18.5 Å². The first kappa shape index (κ1) is 20.2. The molecule has 2 fully saturated rings. The molecule has 2 heterocycles. The maximum Gasteiger partial charge on any atom is 0.288 e. The van der Waals surface area contributed by atoms with E-state index in [1.165, 1.54) is 42.4 Å². The normalized spacial score (nSPS) is 29.9. The summed E-state index contributed by atoms with van der Waals surface area (Å²) >= 11 is 0. The zero-order valence-electron chi connectivity index (χ0n) is 18.6. The van der Waals surface area contributed by atoms with Crippen LogP contribution in [0.5, 0.6) is 0 Å². The van der Waals surface area contributed by atoms with Gasteiger partial charge < -0.3 is 15.4 Å². The highest BCUT2D eigenvalue weighted by atomic mass is 19.1. The van der Waals surface area contributed by atoms with Gasteiger partial charge in [0.15, 0.2) is 0 Å². The van der Waals surface area contributed by atoms with Crippen molar-refractivity contribution >= 4 is 6.02 Å². The van der Waals surface area contributed by atoms with Gasteiger partial charge in [-0.25, -0.2) is 9.38 Å². The summed E-state index contributed by atoms with van der Waals surface area (Å²) in [5.41, 5.74) is 11.4. The van der Waals surface area contributed by atoms with Crippen molar-refractivity contribution in [2.24, 2.45) is 10.7 Å². The number of aliphatic imine (C=N–C) groups is 1. The Morgan fingerprint density at radius 2 is 1.78 bits per heavy atom. The predicted molar refractivity (Wildman–Crippen MR) is 124 cm³/mol. The van der Waals surface area contributed by atoms with Gasteiger partial charge >= 0.3 is 0 Å². The molecule has 2 aromatic rings. The van der Waals surface area contributed by atoms with Crippen LogP contribution in [-0.4, -0.2) is 35.7 Å². The third-order valence-corrected chi connectivity index (χ3v) is 8.24. The van der Waals surface area contributed by atoms with Gasteiger partial charge in [-0.15, -0.1) is 0 Å². The molecule has 1 spiro atoms. The minimum Gasteiger partial charge on any atom is -0.462 e. The van der Waals surface area contributed by atoms with Crippen molar-refractivity contribution in [2.45, 2.75) is 74.9 Å². The minimum atomic E-state index is -0.269. The van der Waals surface area contributed by atoms with E-state index in [1.54, 1.807) is 12.1 Å². The van der Waals surface area contributed by atoms with Gasteiger partial charge in [0.25, 0.3) is 6.02 Å². The summed E-state index contributed by atoms with van der Waals surface area (Å²) in [6, 6.07) is 14.7. The van der Waals surface area contributed by atoms with E-state index in [0.717, 1.165) is 37.8 Å². The summed E-state index contributed by atoms with van der Waals surface area (Å²) in [5, 5.41) is 0. The molecule has 4 nitrogen and oxygen atoms in total. The van der Waals surface area contributed by atoms with Crippen LogP contribution in [0.4, 0.5) is 4.39 Å². The largest absolute Gasteiger partial charge is 0.462 e. The van der Waals surface area contributed by atoms with Crippen LogP contribution < -0.4 is 5.73 Å². The number of fused-ring (bicyclic) bond motifs is 1. The molecular weight excluding hydrogens is 401 g/mol. The Kier molecular flexibility index (Phi) is 4.98. The Balaban J connectivity index is 1.39. The number of nitrogens with zero attached hydrogens (tertiary/aromatic N) is 2. The van der Waals surface area contributed by atoms with Crippen LogP contribution in [0.3, 0.4) is 0 Å². The van der Waals surface area contributed by atoms with Crippen LogP contribution in [0, 0.1) is 5.82 Å². The maximum atomic E-state index is 13.7. The lowest BCUT2D eigenvalue weighted by atomic mass is 9.85. The number of ether oxygens (including phenoxy) is 1. The van der Waals surface area contributed by atoms with Gasteiger partial charge in [0.05, 0.1) is 6.04 Å². The molecule has 6 rings (SSSR count). The monoisotopic (exact) mass is 433 g/mol. The Hall–Kier alpha value is -2.40. The van der Waals surface area contributed by atoms with E-state index in [-0.39, 0.29) is 23.4 Å². The van der Waals surface area contributed by atoms with E-state index in [2.05, 4.69) is 23.1 Å². The highest BCUT2D eigenvalue weighted by Crippen LogP contribution is 2.42. The second kappa shape index (κ2) is 7.87. The molecule has 2 aliphatic carbocycles. The standard InChI is InChI=1S/C27H32FN3O/c28-22-10-7-19(8-11-22)25-23-12-9-20(18-4-1-2-5-18)16-21(23)13-15-31(25)26-30-27(17-32-26)14-3-6-24(27)29/h7-12,16,18,24-25H,1-6,13-15,17,29H2/t24-,25-,27+/m0/s1. The smallest absolute Gasteiger partial charge is 0.288 e. The second-order valence-corrected chi connectivity index (χ2v) is 10.1. The molecule has 5 heteroatoms. The highest BCUT2D eigenvalue weighted by Gasteiger charge is 2.47. The van der Waals surface area contributed by atoms with Gasteiger partial charge in [0.1, 0.15) is 18.0 Å². The first-order chi connectivity index (χ1) is 15.6. The lowest BCUT2D eigenvalue weighted by molar-refractivity contribution is 0.197. The summed E-state index contributed by atoms with van der Waals surface area (Å²) in [5.74, 6) is 0.493. The molecule has 4 aliphatic rings. The number of amidine groups is 1. The summed E-state index contributed by atoms with van der Waals surface area (Å²) in [7, 11) is 0. The number of hydrogen-bond donors (Lipinski definition) is 1. The summed E-state index contributed by atoms with van der Waals surface area (Å²) in [6.45, 7) is 1.41. The van der Waals surface area contributed by atoms with E-state index < -0.39 is 0 Å². The molecule has 2 aliphatic heterocycles. The SMILES string of the molecule is N[C@H]1CCC[C@@]12COC(N1CCc3cc(C4CCCC4)ccc3[C@@H]1c1ccc(F)cc1)=N2. The van der Waals surface area contributed by atoms with Crippen LogP contribution >= 0.6 is 0 Å². The summed E-state index contributed by atoms with van der Waals surface area (Å²) < 4.78 is 20.0. The third-order valence-electron chi connectivity index (χ3n) is 8.24. The Morgan fingerprint density at radius 1 is 1.00 bits per heavy atom. The Morgan fingerprint density at radius 3 is 2.53 bits per heavy atom. The van der Waals surface area contributed by atoms with Crippen LogP contribution in [0.15, 0.2) is 47.5 Å². The summed E-state index contributed by atoms with van der Waals surface area (Å²) in [4.78, 5) is 7.37. The van der Waals surface area contributed by atoms with E-state index in [4.69, 9.17) is 15.5 Å². The number of rotatable bonds is 2. The molecule has 0 radical (unpaired) electrons. The molecule has 0 unspecified atom stereocenters. The maximum absolute atomic E-state index is 13.7. The average Bonchev–Trinajstić information content (AvgIpc) is 3.57. The van der Waals surface area contributed by atoms with Crippen LogP contribution in [-0.2, 0) is 11.2 Å². The minimum absolute atomic E-state index is 0.0245. The van der Waals surface area contributed by atoms with Gasteiger partial charge in [-0.05, 0) is 78.8 Å². The number of benzene rings is 2. The number of hydrogen-bond acceptors (Lipinski definition) is 4. The molecule has 0 saturated heterocycles. The topological polar surface area (TPSA) is 50.9 Å². The summed E-state index contributed by atoms with van der Waals surface area (Å²) in [6.07, 6.45) is 9.37. The molecule has 0 amide bonds. The predicted octanol–water partition coefficient (Wildman–Crippen LogP) is 5.07. The highest BCUT2D eigenvalue weighted by molar-refractivity contribution is 5.78. The lowest BCUT2D eigenvalue weighted by Gasteiger charge is -2.38. The zero-order valence-corrected chi connectivity index (χ0v) is 18.6. The molecule has 2 N–H and O–H groups in total. The van der Waals surface area contributed by atoms with Gasteiger partial charge in [-0.3, -0.25) is 0 Å². The molecular formula is C27H32FN3O. The van der Waals surface area contributed by atoms with Crippen molar-refractivity contribution in [2.75, 3.05) is 13.2 Å². The van der Waals surface area contributed by atoms with Crippen molar-refractivity contribution < 1.29 is 9.13 Å². The van der Waals surface area contributed by atoms with Crippen molar-refractivity contribution in [1.82, 2.24) is 4.90 Å². The van der Waals surface area contributed by atoms with Crippen molar-refractivity contribution in [3.05, 3.63) is 70.5 Å². The second-order valence-electron chi connectivity index (χ2n) is 10.1. The van der Waals surface area contributed by atoms with Crippen molar-refractivity contribution in [1.29, 1.82) is 0 Å². The molecule has 168 valence electrons. The zero-order chi connectivity index (χ0) is 21.7. The Bertz CT molecular complexity index is 1030. The van der Waals surface area contributed by atoms with Crippen LogP contribution in [0.2, 0.25) is 0 Å². The molecule has 32 heavy (non-hydrogen) atoms. The molecule has 2 saturated carbocycles. The van der Waals surface area contributed by atoms with Gasteiger partial charge in [0.2, 0.25) is 0 Å². The number of halogens is 1. The fourth-order valence-corrected chi connectivity index (χ4v) is 6.36. The number of nitrogens with two attached hydrogens (primary N) is 1. The van der Waals surface area contributed by atoms with E-state index in [1.807, 2.05) is 12.1 Å². The van der Waals surface area contributed by atoms with Crippen LogP contribution in [0.1, 0.15) is 79.2 Å². The van der Waals surface area contributed by atoms with E-state index in [9.17, 15) is 4.39 Å².